The average molecular weight is 278 g/mol. The second kappa shape index (κ2) is 4.22. The highest BCUT2D eigenvalue weighted by Gasteiger charge is 2.21. The fraction of sp³-hybridized carbons (Fsp3) is 0.167. The number of rotatable bonds is 3. The lowest BCUT2D eigenvalue weighted by Gasteiger charge is -2.02. The van der Waals surface area contributed by atoms with E-state index in [9.17, 15) is 4.79 Å². The van der Waals surface area contributed by atoms with Crippen molar-refractivity contribution in [2.24, 2.45) is 7.05 Å². The normalized spacial score (nSPS) is 11.0. The highest BCUT2D eigenvalue weighted by Crippen LogP contribution is 2.32. The maximum atomic E-state index is 12.4. The second-order valence-electron chi connectivity index (χ2n) is 3.77. The molecule has 0 spiro atoms. The number of aryl methyl sites for hydroxylation is 1. The van der Waals surface area contributed by atoms with Crippen LogP contribution in [0.4, 0.5) is 0 Å². The summed E-state index contributed by atoms with van der Waals surface area (Å²) in [6.45, 7) is 0. The van der Waals surface area contributed by atoms with Gasteiger partial charge >= 0.3 is 0 Å². The van der Waals surface area contributed by atoms with Crippen LogP contribution >= 0.6 is 22.7 Å². The average Bonchev–Trinajstić information content (AvgIpc) is 3.00. The summed E-state index contributed by atoms with van der Waals surface area (Å²) in [5.41, 5.74) is 0.492. The van der Waals surface area contributed by atoms with E-state index in [4.69, 9.17) is 4.74 Å². The van der Waals surface area contributed by atoms with Crippen molar-refractivity contribution in [2.75, 3.05) is 7.11 Å². The summed E-state index contributed by atoms with van der Waals surface area (Å²) >= 11 is 3.14. The predicted molar refractivity (Wildman–Crippen MR) is 72.9 cm³/mol. The van der Waals surface area contributed by atoms with Gasteiger partial charge in [-0.3, -0.25) is 9.48 Å². The van der Waals surface area contributed by atoms with Crippen LogP contribution in [0.3, 0.4) is 0 Å². The van der Waals surface area contributed by atoms with Gasteiger partial charge in [-0.15, -0.1) is 22.7 Å². The Bertz CT molecular complexity index is 695. The summed E-state index contributed by atoms with van der Waals surface area (Å²) in [5, 5.41) is 6.08. The highest BCUT2D eigenvalue weighted by atomic mass is 32.1. The quantitative estimate of drug-likeness (QED) is 0.692. The van der Waals surface area contributed by atoms with E-state index < -0.39 is 0 Å². The van der Waals surface area contributed by atoms with E-state index >= 15 is 0 Å². The smallest absolute Gasteiger partial charge is 0.224 e. The van der Waals surface area contributed by atoms with Crippen LogP contribution in [0.5, 0.6) is 5.75 Å². The summed E-state index contributed by atoms with van der Waals surface area (Å²) < 4.78 is 9.00. The van der Waals surface area contributed by atoms with Gasteiger partial charge in [-0.25, -0.2) is 0 Å². The first-order valence-corrected chi connectivity index (χ1v) is 6.98. The number of hydrogen-bond donors (Lipinski definition) is 0. The number of aromatic nitrogens is 2. The SMILES string of the molecule is COc1cnn(C)c1C(=O)c1cc2sccc2s1. The minimum Gasteiger partial charge on any atom is -0.493 e. The molecule has 3 rings (SSSR count). The molecule has 0 unspecified atom stereocenters. The lowest BCUT2D eigenvalue weighted by atomic mass is 10.2. The van der Waals surface area contributed by atoms with Crippen molar-refractivity contribution in [3.63, 3.8) is 0 Å². The van der Waals surface area contributed by atoms with Gasteiger partial charge in [0.25, 0.3) is 0 Å². The van der Waals surface area contributed by atoms with Crippen molar-refractivity contribution in [1.29, 1.82) is 0 Å². The molecule has 3 heterocycles. The summed E-state index contributed by atoms with van der Waals surface area (Å²) in [7, 11) is 3.28. The van der Waals surface area contributed by atoms with Gasteiger partial charge in [0.1, 0.15) is 0 Å². The van der Waals surface area contributed by atoms with Crippen molar-refractivity contribution in [1.82, 2.24) is 9.78 Å². The predicted octanol–water partition coefficient (Wildman–Crippen LogP) is 2.94. The summed E-state index contributed by atoms with van der Waals surface area (Å²) in [6, 6.07) is 3.96. The molecule has 6 heteroatoms. The van der Waals surface area contributed by atoms with E-state index in [0.717, 1.165) is 14.3 Å². The van der Waals surface area contributed by atoms with Crippen LogP contribution in [0.15, 0.2) is 23.7 Å². The van der Waals surface area contributed by atoms with Gasteiger partial charge < -0.3 is 4.74 Å². The fourth-order valence-corrected chi connectivity index (χ4v) is 3.87. The Balaban J connectivity index is 2.08. The topological polar surface area (TPSA) is 44.1 Å². The molecule has 0 saturated carbocycles. The Labute approximate surface area is 111 Å². The van der Waals surface area contributed by atoms with Crippen LogP contribution in [0.2, 0.25) is 0 Å². The molecular weight excluding hydrogens is 268 g/mol. The van der Waals surface area contributed by atoms with E-state index in [-0.39, 0.29) is 5.78 Å². The van der Waals surface area contributed by atoms with Gasteiger partial charge in [-0.05, 0) is 17.5 Å². The standard InChI is InChI=1S/C12H10N2O2S2/c1-14-11(7(16-2)6-13-14)12(15)10-5-9-8(18-10)3-4-17-9/h3-6H,1-2H3. The van der Waals surface area contributed by atoms with E-state index in [1.807, 2.05) is 17.5 Å². The van der Waals surface area contributed by atoms with Gasteiger partial charge in [0.05, 0.1) is 18.2 Å². The van der Waals surface area contributed by atoms with E-state index in [1.54, 1.807) is 36.4 Å². The summed E-state index contributed by atoms with van der Waals surface area (Å²) in [6.07, 6.45) is 1.56. The minimum atomic E-state index is -0.0414. The van der Waals surface area contributed by atoms with Gasteiger partial charge in [0, 0.05) is 16.4 Å². The maximum Gasteiger partial charge on any atom is 0.224 e. The largest absolute Gasteiger partial charge is 0.493 e. The molecule has 92 valence electrons. The number of methoxy groups -OCH3 is 1. The number of fused-ring (bicyclic) bond motifs is 1. The first kappa shape index (κ1) is 11.4. The molecule has 0 bridgehead atoms. The summed E-state index contributed by atoms with van der Waals surface area (Å²) in [5.74, 6) is 0.472. The molecule has 4 nitrogen and oxygen atoms in total. The van der Waals surface area contributed by atoms with Gasteiger partial charge in [-0.1, -0.05) is 0 Å². The number of nitrogens with zero attached hydrogens (tertiary/aromatic N) is 2. The molecule has 18 heavy (non-hydrogen) atoms. The Hall–Kier alpha value is -1.66. The molecule has 0 fully saturated rings. The number of thiophene rings is 2. The lowest BCUT2D eigenvalue weighted by molar-refractivity contribution is 0.103. The zero-order valence-corrected chi connectivity index (χ0v) is 11.5. The van der Waals surface area contributed by atoms with Crippen molar-refractivity contribution >= 4 is 37.9 Å². The minimum absolute atomic E-state index is 0.0414. The highest BCUT2D eigenvalue weighted by molar-refractivity contribution is 7.28. The number of hydrogen-bond acceptors (Lipinski definition) is 5. The van der Waals surface area contributed by atoms with Crippen LogP contribution in [-0.4, -0.2) is 22.7 Å². The van der Waals surface area contributed by atoms with E-state index in [2.05, 4.69) is 5.10 Å². The van der Waals surface area contributed by atoms with Gasteiger partial charge in [0.15, 0.2) is 11.4 Å². The molecule has 0 radical (unpaired) electrons. The van der Waals surface area contributed by atoms with Crippen LogP contribution in [-0.2, 0) is 7.05 Å². The first-order chi connectivity index (χ1) is 8.70. The van der Waals surface area contributed by atoms with Crippen LogP contribution < -0.4 is 4.74 Å². The molecule has 0 aliphatic heterocycles. The van der Waals surface area contributed by atoms with Crippen molar-refractivity contribution in [3.05, 3.63) is 34.3 Å². The number of ketones is 1. The van der Waals surface area contributed by atoms with Crippen LogP contribution in [0.25, 0.3) is 9.40 Å². The number of carbonyl (C=O) groups is 1. The molecule has 0 saturated heterocycles. The molecule has 3 aromatic heterocycles. The molecule has 3 aromatic rings. The van der Waals surface area contributed by atoms with E-state index in [0.29, 0.717) is 11.4 Å². The molecule has 0 aliphatic carbocycles. The molecule has 0 aromatic carbocycles. The molecule has 0 amide bonds. The zero-order valence-electron chi connectivity index (χ0n) is 9.84. The number of carbonyl (C=O) groups excluding carboxylic acids is 1. The Morgan fingerprint density at radius 2 is 2.28 bits per heavy atom. The molecule has 0 N–H and O–H groups in total. The number of ether oxygens (including phenoxy) is 1. The third-order valence-corrected chi connectivity index (χ3v) is 4.80. The van der Waals surface area contributed by atoms with Gasteiger partial charge in [0.2, 0.25) is 5.78 Å². The van der Waals surface area contributed by atoms with Crippen molar-refractivity contribution in [3.8, 4) is 5.75 Å². The van der Waals surface area contributed by atoms with Crippen LogP contribution in [0.1, 0.15) is 15.4 Å². The Kier molecular flexibility index (Phi) is 2.68. The van der Waals surface area contributed by atoms with Crippen molar-refractivity contribution in [2.45, 2.75) is 0 Å². The fourth-order valence-electron chi connectivity index (χ4n) is 1.82. The first-order valence-electron chi connectivity index (χ1n) is 5.28. The maximum absolute atomic E-state index is 12.4. The van der Waals surface area contributed by atoms with Gasteiger partial charge in [-0.2, -0.15) is 5.10 Å². The third kappa shape index (κ3) is 1.65. The lowest BCUT2D eigenvalue weighted by Crippen LogP contribution is -2.08. The molecule has 0 atom stereocenters. The third-order valence-electron chi connectivity index (χ3n) is 2.70. The zero-order chi connectivity index (χ0) is 12.7. The molecule has 0 aliphatic rings. The van der Waals surface area contributed by atoms with Crippen molar-refractivity contribution < 1.29 is 9.53 Å². The molecular formula is C12H10N2O2S2. The van der Waals surface area contributed by atoms with E-state index in [1.165, 1.54) is 11.3 Å². The monoisotopic (exact) mass is 278 g/mol. The Morgan fingerprint density at radius 1 is 1.44 bits per heavy atom. The summed E-state index contributed by atoms with van der Waals surface area (Å²) in [4.78, 5) is 13.2. The Morgan fingerprint density at radius 3 is 3.00 bits per heavy atom. The van der Waals surface area contributed by atoms with Crippen LogP contribution in [0, 0.1) is 0 Å². The second-order valence-corrected chi connectivity index (χ2v) is 5.81.